The highest BCUT2D eigenvalue weighted by Crippen LogP contribution is 2.30. The van der Waals surface area contributed by atoms with Crippen LogP contribution in [-0.2, 0) is 22.6 Å². The van der Waals surface area contributed by atoms with Crippen molar-refractivity contribution in [3.8, 4) is 0 Å². The Balaban J connectivity index is 1.51. The molecule has 0 bridgehead atoms. The number of anilines is 1. The fourth-order valence-electron chi connectivity index (χ4n) is 4.19. The van der Waals surface area contributed by atoms with Gasteiger partial charge in [-0.3, -0.25) is 9.59 Å². The number of amides is 2. The molecule has 4 rings (SSSR count). The molecule has 162 valence electrons. The second-order valence-electron chi connectivity index (χ2n) is 8.01. The third-order valence-corrected chi connectivity index (χ3v) is 5.85. The van der Waals surface area contributed by atoms with Crippen molar-refractivity contribution in [1.82, 2.24) is 24.8 Å². The third-order valence-electron chi connectivity index (χ3n) is 5.85. The fraction of sp³-hybridized carbons (Fsp3) is 0.391. The number of aromatic amines is 1. The lowest BCUT2D eigenvalue weighted by Crippen LogP contribution is -2.30. The van der Waals surface area contributed by atoms with Gasteiger partial charge >= 0.3 is 0 Å². The van der Waals surface area contributed by atoms with Crippen LogP contribution in [0.3, 0.4) is 0 Å². The van der Waals surface area contributed by atoms with E-state index in [9.17, 15) is 9.59 Å². The molecule has 2 aromatic heterocycles. The van der Waals surface area contributed by atoms with Crippen molar-refractivity contribution in [2.24, 2.45) is 0 Å². The zero-order valence-electron chi connectivity index (χ0n) is 18.2. The Morgan fingerprint density at radius 2 is 2.10 bits per heavy atom. The van der Waals surface area contributed by atoms with Crippen LogP contribution < -0.4 is 5.32 Å². The number of benzene rings is 1. The van der Waals surface area contributed by atoms with Crippen molar-refractivity contribution in [3.63, 3.8) is 0 Å². The summed E-state index contributed by atoms with van der Waals surface area (Å²) in [6.45, 7) is 2.68. The van der Waals surface area contributed by atoms with E-state index in [2.05, 4.69) is 15.3 Å². The highest BCUT2D eigenvalue weighted by atomic mass is 16.2. The number of fused-ring (bicyclic) bond motifs is 1. The molecule has 1 fully saturated rings. The first-order valence-electron chi connectivity index (χ1n) is 10.6. The van der Waals surface area contributed by atoms with Crippen molar-refractivity contribution < 1.29 is 9.59 Å². The van der Waals surface area contributed by atoms with Gasteiger partial charge in [0.1, 0.15) is 5.82 Å². The number of nitrogens with one attached hydrogen (secondary N) is 2. The Morgan fingerprint density at radius 3 is 2.87 bits per heavy atom. The molecule has 1 atom stereocenters. The van der Waals surface area contributed by atoms with E-state index in [1.165, 1.54) is 0 Å². The van der Waals surface area contributed by atoms with Crippen molar-refractivity contribution in [2.75, 3.05) is 26.0 Å². The quantitative estimate of drug-likeness (QED) is 0.640. The summed E-state index contributed by atoms with van der Waals surface area (Å²) in [4.78, 5) is 40.9. The van der Waals surface area contributed by atoms with Gasteiger partial charge in [-0.25, -0.2) is 9.97 Å². The lowest BCUT2D eigenvalue weighted by molar-refractivity contribution is -0.130. The van der Waals surface area contributed by atoms with E-state index >= 15 is 0 Å². The molecule has 31 heavy (non-hydrogen) atoms. The average Bonchev–Trinajstić information content (AvgIpc) is 3.41. The molecule has 3 heterocycles. The maximum atomic E-state index is 12.9. The van der Waals surface area contributed by atoms with Crippen LogP contribution in [-0.4, -0.2) is 57.2 Å². The van der Waals surface area contributed by atoms with Gasteiger partial charge in [0.05, 0.1) is 24.7 Å². The van der Waals surface area contributed by atoms with E-state index in [4.69, 9.17) is 4.98 Å². The Labute approximate surface area is 181 Å². The number of rotatable bonds is 6. The van der Waals surface area contributed by atoms with Crippen LogP contribution in [0.2, 0.25) is 0 Å². The van der Waals surface area contributed by atoms with Gasteiger partial charge in [-0.2, -0.15) is 0 Å². The average molecular weight is 421 g/mol. The minimum absolute atomic E-state index is 0.0159. The summed E-state index contributed by atoms with van der Waals surface area (Å²) in [5, 5.41) is 4.14. The SMILES string of the molecule is CNc1cc(CN(C)C(=O)Cc2c[nH]c3ccccc23)nc([C@@H]2CCCN2C(C)=O)n1. The zero-order chi connectivity index (χ0) is 22.0. The molecule has 0 saturated carbocycles. The summed E-state index contributed by atoms with van der Waals surface area (Å²) in [6, 6.07) is 9.71. The summed E-state index contributed by atoms with van der Waals surface area (Å²) in [5.41, 5.74) is 2.76. The van der Waals surface area contributed by atoms with Gasteiger partial charge in [-0.05, 0) is 24.5 Å². The van der Waals surface area contributed by atoms with Crippen LogP contribution in [0.15, 0.2) is 36.5 Å². The molecular formula is C23H28N6O2. The number of carbonyl (C=O) groups excluding carboxylic acids is 2. The highest BCUT2D eigenvalue weighted by Gasteiger charge is 2.30. The zero-order valence-corrected chi connectivity index (χ0v) is 18.2. The van der Waals surface area contributed by atoms with Crippen molar-refractivity contribution in [1.29, 1.82) is 0 Å². The maximum absolute atomic E-state index is 12.9. The minimum Gasteiger partial charge on any atom is -0.373 e. The maximum Gasteiger partial charge on any atom is 0.227 e. The number of hydrogen-bond acceptors (Lipinski definition) is 5. The van der Waals surface area contributed by atoms with Crippen LogP contribution in [0, 0.1) is 0 Å². The largest absolute Gasteiger partial charge is 0.373 e. The van der Waals surface area contributed by atoms with E-state index < -0.39 is 0 Å². The minimum atomic E-state index is -0.114. The molecule has 2 amide bonds. The lowest BCUT2D eigenvalue weighted by Gasteiger charge is -2.23. The molecule has 2 N–H and O–H groups in total. The van der Waals surface area contributed by atoms with Crippen LogP contribution >= 0.6 is 0 Å². The Kier molecular flexibility index (Phi) is 5.88. The molecule has 8 heteroatoms. The first-order valence-corrected chi connectivity index (χ1v) is 10.6. The molecule has 0 aliphatic carbocycles. The Bertz CT molecular complexity index is 1110. The molecule has 1 saturated heterocycles. The van der Waals surface area contributed by atoms with Gasteiger partial charge < -0.3 is 20.1 Å². The van der Waals surface area contributed by atoms with Gasteiger partial charge in [0, 0.05) is 50.7 Å². The number of carbonyl (C=O) groups is 2. The predicted molar refractivity (Wildman–Crippen MR) is 119 cm³/mol. The van der Waals surface area contributed by atoms with E-state index in [1.807, 2.05) is 41.4 Å². The second-order valence-corrected chi connectivity index (χ2v) is 8.01. The molecule has 0 radical (unpaired) electrons. The van der Waals surface area contributed by atoms with Crippen molar-refractivity contribution >= 4 is 28.5 Å². The number of hydrogen-bond donors (Lipinski definition) is 2. The number of likely N-dealkylation sites (N-methyl/N-ethyl adjacent to an activating group) is 1. The number of aromatic nitrogens is 3. The molecule has 1 aromatic carbocycles. The van der Waals surface area contributed by atoms with Crippen LogP contribution in [0.5, 0.6) is 0 Å². The van der Waals surface area contributed by atoms with Gasteiger partial charge in [0.25, 0.3) is 0 Å². The summed E-state index contributed by atoms with van der Waals surface area (Å²) in [6.07, 6.45) is 4.00. The number of nitrogens with zero attached hydrogens (tertiary/aromatic N) is 4. The predicted octanol–water partition coefficient (Wildman–Crippen LogP) is 2.88. The molecular weight excluding hydrogens is 392 g/mol. The van der Waals surface area contributed by atoms with E-state index in [-0.39, 0.29) is 17.9 Å². The van der Waals surface area contributed by atoms with Gasteiger partial charge in [-0.15, -0.1) is 0 Å². The smallest absolute Gasteiger partial charge is 0.227 e. The number of para-hydroxylation sites is 1. The van der Waals surface area contributed by atoms with E-state index in [1.54, 1.807) is 25.9 Å². The van der Waals surface area contributed by atoms with Gasteiger partial charge in [-0.1, -0.05) is 18.2 Å². The highest BCUT2D eigenvalue weighted by molar-refractivity contribution is 5.88. The second kappa shape index (κ2) is 8.75. The third kappa shape index (κ3) is 4.38. The number of likely N-dealkylation sites (tertiary alicyclic amines) is 1. The molecule has 1 aliphatic rings. The van der Waals surface area contributed by atoms with Gasteiger partial charge in [0.2, 0.25) is 11.8 Å². The standard InChI is InChI=1S/C23H28N6O2/c1-15(30)29-10-6-9-20(29)23-26-17(12-21(24-2)27-23)14-28(3)22(31)11-16-13-25-19-8-5-4-7-18(16)19/h4-5,7-8,12-13,20,25H,6,9-11,14H2,1-3H3,(H,24,26,27)/t20-/m0/s1. The van der Waals surface area contributed by atoms with Crippen molar-refractivity contribution in [3.05, 3.63) is 53.6 Å². The fourth-order valence-corrected chi connectivity index (χ4v) is 4.19. The van der Waals surface area contributed by atoms with Gasteiger partial charge in [0.15, 0.2) is 5.82 Å². The molecule has 8 nitrogen and oxygen atoms in total. The lowest BCUT2D eigenvalue weighted by atomic mass is 10.1. The van der Waals surface area contributed by atoms with Crippen LogP contribution in [0.1, 0.15) is 42.9 Å². The molecule has 0 spiro atoms. The van der Waals surface area contributed by atoms with Crippen LogP contribution in [0.25, 0.3) is 10.9 Å². The summed E-state index contributed by atoms with van der Waals surface area (Å²) in [7, 11) is 3.59. The Hall–Kier alpha value is -3.42. The topological polar surface area (TPSA) is 94.2 Å². The van der Waals surface area contributed by atoms with E-state index in [0.717, 1.165) is 41.5 Å². The first-order chi connectivity index (χ1) is 15.0. The summed E-state index contributed by atoms with van der Waals surface area (Å²) < 4.78 is 0. The summed E-state index contributed by atoms with van der Waals surface area (Å²) >= 11 is 0. The molecule has 3 aromatic rings. The first kappa shape index (κ1) is 20.8. The monoisotopic (exact) mass is 420 g/mol. The van der Waals surface area contributed by atoms with Crippen molar-refractivity contribution in [2.45, 2.75) is 38.8 Å². The van der Waals surface area contributed by atoms with Crippen LogP contribution in [0.4, 0.5) is 5.82 Å². The number of H-pyrrole nitrogens is 1. The summed E-state index contributed by atoms with van der Waals surface area (Å²) in [5.74, 6) is 1.37. The molecule has 0 unspecified atom stereocenters. The Morgan fingerprint density at radius 1 is 1.29 bits per heavy atom. The normalized spacial score (nSPS) is 16.0. The molecule has 1 aliphatic heterocycles. The van der Waals surface area contributed by atoms with E-state index in [0.29, 0.717) is 24.6 Å².